The first kappa shape index (κ1) is 33.4. The number of nitrogens with one attached hydrogen (secondary N) is 2. The van der Waals surface area contributed by atoms with Crippen LogP contribution in [0.5, 0.6) is 0 Å². The number of fused-ring (bicyclic) bond motifs is 1. The first-order chi connectivity index (χ1) is 25.2. The molecule has 6 aromatic rings. The smallest absolute Gasteiger partial charge is 0.410 e. The molecule has 8 rings (SSSR count). The van der Waals surface area contributed by atoms with Gasteiger partial charge in [-0.15, -0.1) is 0 Å². The lowest BCUT2D eigenvalue weighted by molar-refractivity contribution is -0.131. The van der Waals surface area contributed by atoms with E-state index < -0.39 is 5.60 Å². The Labute approximate surface area is 304 Å². The van der Waals surface area contributed by atoms with Crippen molar-refractivity contribution in [2.45, 2.75) is 70.6 Å². The Morgan fingerprint density at radius 3 is 1.94 bits per heavy atom. The molecule has 2 aliphatic rings. The second kappa shape index (κ2) is 13.8. The average molecular weight is 693 g/mol. The molecule has 9 nitrogen and oxygen atoms in total. The van der Waals surface area contributed by atoms with E-state index in [-0.39, 0.29) is 24.1 Å². The van der Waals surface area contributed by atoms with E-state index in [1.165, 1.54) is 0 Å². The highest BCUT2D eigenvalue weighted by Crippen LogP contribution is 2.38. The number of imidazole rings is 2. The second-order valence-corrected chi connectivity index (χ2v) is 14.9. The first-order valence-electron chi connectivity index (χ1n) is 18.3. The molecule has 4 heterocycles. The molecule has 2 saturated heterocycles. The summed E-state index contributed by atoms with van der Waals surface area (Å²) in [4.78, 5) is 46.5. The summed E-state index contributed by atoms with van der Waals surface area (Å²) in [7, 11) is 0. The molecule has 2 unspecified atom stereocenters. The zero-order valence-electron chi connectivity index (χ0n) is 29.9. The maximum atomic E-state index is 13.2. The van der Waals surface area contributed by atoms with E-state index in [2.05, 4.69) is 70.6 Å². The van der Waals surface area contributed by atoms with Gasteiger partial charge in [-0.25, -0.2) is 14.8 Å². The van der Waals surface area contributed by atoms with Gasteiger partial charge >= 0.3 is 6.09 Å². The number of ether oxygens (including phenoxy) is 1. The van der Waals surface area contributed by atoms with Crippen molar-refractivity contribution in [3.8, 4) is 33.6 Å². The minimum absolute atomic E-state index is 0.0397. The summed E-state index contributed by atoms with van der Waals surface area (Å²) in [6.45, 7) is 7.08. The number of carbonyl (C=O) groups excluding carboxylic acids is 2. The lowest BCUT2D eigenvalue weighted by Gasteiger charge is -2.27. The third-order valence-electron chi connectivity index (χ3n) is 10.2. The first-order valence-corrected chi connectivity index (χ1v) is 18.3. The van der Waals surface area contributed by atoms with Gasteiger partial charge in [0.2, 0.25) is 5.91 Å². The Morgan fingerprint density at radius 2 is 1.25 bits per heavy atom. The van der Waals surface area contributed by atoms with Crippen LogP contribution in [0.15, 0.2) is 103 Å². The molecule has 0 bridgehead atoms. The van der Waals surface area contributed by atoms with Crippen molar-refractivity contribution in [2.24, 2.45) is 0 Å². The van der Waals surface area contributed by atoms with E-state index in [1.807, 2.05) is 68.4 Å². The maximum Gasteiger partial charge on any atom is 0.410 e. The number of rotatable bonds is 7. The molecule has 4 aromatic carbocycles. The molecule has 0 aliphatic carbocycles. The molecule has 264 valence electrons. The molecule has 0 radical (unpaired) electrons. The number of benzene rings is 4. The molecule has 52 heavy (non-hydrogen) atoms. The molecule has 0 spiro atoms. The van der Waals surface area contributed by atoms with E-state index in [1.54, 1.807) is 4.90 Å². The summed E-state index contributed by atoms with van der Waals surface area (Å²) in [5.41, 5.74) is 6.69. The second-order valence-electron chi connectivity index (χ2n) is 14.9. The van der Waals surface area contributed by atoms with Crippen molar-refractivity contribution in [2.75, 3.05) is 13.1 Å². The van der Waals surface area contributed by atoms with E-state index >= 15 is 0 Å². The van der Waals surface area contributed by atoms with E-state index in [4.69, 9.17) is 14.7 Å². The average Bonchev–Trinajstić information content (AvgIpc) is 3.98. The molecular formula is C43H44N6O3. The van der Waals surface area contributed by atoms with Gasteiger partial charge in [0.1, 0.15) is 17.2 Å². The van der Waals surface area contributed by atoms with Gasteiger partial charge in [-0.1, -0.05) is 91.0 Å². The van der Waals surface area contributed by atoms with Gasteiger partial charge in [-0.3, -0.25) is 9.69 Å². The molecule has 2 N–H and O–H groups in total. The summed E-state index contributed by atoms with van der Waals surface area (Å²) < 4.78 is 5.69. The molecular weight excluding hydrogens is 649 g/mol. The quantitative estimate of drug-likeness (QED) is 0.173. The Bertz CT molecular complexity index is 2220. The van der Waals surface area contributed by atoms with Crippen LogP contribution in [0.1, 0.15) is 75.8 Å². The molecule has 2 aromatic heterocycles. The Kier molecular flexibility index (Phi) is 8.87. The lowest BCUT2D eigenvalue weighted by atomic mass is 9.93. The topological polar surface area (TPSA) is 107 Å². The number of hydrogen-bond donors (Lipinski definition) is 2. The molecule has 2 amide bonds. The Balaban J connectivity index is 1.01. The van der Waals surface area contributed by atoms with Crippen LogP contribution < -0.4 is 0 Å². The number of H-pyrrole nitrogens is 2. The van der Waals surface area contributed by atoms with E-state index in [9.17, 15) is 9.59 Å². The Morgan fingerprint density at radius 1 is 0.692 bits per heavy atom. The third kappa shape index (κ3) is 6.70. The number of hydrogen-bond acceptors (Lipinski definition) is 5. The summed E-state index contributed by atoms with van der Waals surface area (Å²) in [5.74, 6) is 1.76. The van der Waals surface area contributed by atoms with Gasteiger partial charge in [0.15, 0.2) is 0 Å². The van der Waals surface area contributed by atoms with Crippen LogP contribution in [0.4, 0.5) is 4.79 Å². The highest BCUT2D eigenvalue weighted by molar-refractivity contribution is 6.04. The van der Waals surface area contributed by atoms with Crippen molar-refractivity contribution in [1.29, 1.82) is 0 Å². The molecule has 2 atom stereocenters. The van der Waals surface area contributed by atoms with Gasteiger partial charge < -0.3 is 19.6 Å². The standard InChI is InChI=1S/C43H44N6O3/c1-43(2,3)52-42(51)49-24-10-16-38(49)41-45-27-36(47-41)34-22-21-31(32-13-7-8-14-33(32)34)29-17-19-30(20-18-29)35-26-44-40(46-35)37-15-9-23-48(37)39(50)25-28-11-5-4-6-12-28/h4-8,11-14,17-22,26-27,37-38H,9-10,15-16,23-25H2,1-3H3,(H,44,46)(H,45,47). The predicted molar refractivity (Wildman–Crippen MR) is 203 cm³/mol. The summed E-state index contributed by atoms with van der Waals surface area (Å²) in [5, 5.41) is 2.27. The van der Waals surface area contributed by atoms with Crippen LogP contribution in [0.2, 0.25) is 0 Å². The van der Waals surface area contributed by atoms with Crippen molar-refractivity contribution >= 4 is 22.8 Å². The summed E-state index contributed by atoms with van der Waals surface area (Å²) in [6, 6.07) is 31.1. The van der Waals surface area contributed by atoms with E-state index in [0.717, 1.165) is 93.9 Å². The number of aromatic amines is 2. The predicted octanol–water partition coefficient (Wildman–Crippen LogP) is 9.27. The SMILES string of the molecule is CC(C)(C)OC(=O)N1CCCC1c1ncc(-c2ccc(-c3ccc(-c4cnc(C5CCCN5C(=O)Cc5ccccc5)[nH]4)cc3)c3ccccc23)[nH]1. The minimum Gasteiger partial charge on any atom is -0.444 e. The van der Waals surface area contributed by atoms with Gasteiger partial charge in [-0.2, -0.15) is 0 Å². The molecule has 9 heteroatoms. The fraction of sp³-hybridized carbons (Fsp3) is 0.302. The van der Waals surface area contributed by atoms with Gasteiger partial charge in [0.25, 0.3) is 0 Å². The van der Waals surface area contributed by atoms with Crippen molar-refractivity contribution in [1.82, 2.24) is 29.7 Å². The van der Waals surface area contributed by atoms with Crippen molar-refractivity contribution in [3.05, 3.63) is 121 Å². The fourth-order valence-corrected chi connectivity index (χ4v) is 7.72. The van der Waals surface area contributed by atoms with Crippen LogP contribution in [0.25, 0.3) is 44.4 Å². The number of amides is 2. The monoisotopic (exact) mass is 692 g/mol. The van der Waals surface area contributed by atoms with Gasteiger partial charge in [-0.05, 0) is 79.5 Å². The summed E-state index contributed by atoms with van der Waals surface area (Å²) in [6.07, 6.45) is 7.48. The molecule has 0 saturated carbocycles. The van der Waals surface area contributed by atoms with Crippen molar-refractivity contribution < 1.29 is 14.3 Å². The van der Waals surface area contributed by atoms with Crippen molar-refractivity contribution in [3.63, 3.8) is 0 Å². The Hall–Kier alpha value is -5.70. The normalized spacial score (nSPS) is 17.6. The molecule has 2 aliphatic heterocycles. The highest BCUT2D eigenvalue weighted by atomic mass is 16.6. The van der Waals surface area contributed by atoms with Crippen LogP contribution in [-0.4, -0.2) is 60.4 Å². The van der Waals surface area contributed by atoms with Gasteiger partial charge in [0.05, 0.1) is 42.3 Å². The number of carbonyl (C=O) groups is 2. The molecule has 2 fully saturated rings. The van der Waals surface area contributed by atoms with Crippen LogP contribution in [0.3, 0.4) is 0 Å². The van der Waals surface area contributed by atoms with Crippen LogP contribution in [0, 0.1) is 0 Å². The third-order valence-corrected chi connectivity index (χ3v) is 10.2. The number of aromatic nitrogens is 4. The van der Waals surface area contributed by atoms with E-state index in [0.29, 0.717) is 13.0 Å². The lowest BCUT2D eigenvalue weighted by Crippen LogP contribution is -2.36. The summed E-state index contributed by atoms with van der Waals surface area (Å²) >= 11 is 0. The zero-order chi connectivity index (χ0) is 35.8. The minimum atomic E-state index is -0.550. The highest BCUT2D eigenvalue weighted by Gasteiger charge is 2.35. The van der Waals surface area contributed by atoms with Gasteiger partial charge in [0, 0.05) is 18.7 Å². The maximum absolute atomic E-state index is 13.2. The number of nitrogens with zero attached hydrogens (tertiary/aromatic N) is 4. The van der Waals surface area contributed by atoms with Crippen LogP contribution >= 0.6 is 0 Å². The number of likely N-dealkylation sites (tertiary alicyclic amines) is 2. The fourth-order valence-electron chi connectivity index (χ4n) is 7.72. The largest absolute Gasteiger partial charge is 0.444 e. The van der Waals surface area contributed by atoms with Crippen LogP contribution in [-0.2, 0) is 16.0 Å². The zero-order valence-corrected chi connectivity index (χ0v) is 29.9.